The maximum absolute atomic E-state index is 12.6. The van der Waals surface area contributed by atoms with Crippen LogP contribution in [0.15, 0.2) is 0 Å². The van der Waals surface area contributed by atoms with Gasteiger partial charge in [0.05, 0.1) is 18.8 Å². The van der Waals surface area contributed by atoms with E-state index in [0.29, 0.717) is 0 Å². The highest BCUT2D eigenvalue weighted by Crippen LogP contribution is 2.24. The van der Waals surface area contributed by atoms with Gasteiger partial charge in [0.15, 0.2) is 0 Å². The summed E-state index contributed by atoms with van der Waals surface area (Å²) < 4.78 is 48.7. The number of nitrogens with one attached hydrogen (secondary N) is 1. The normalized spacial score (nSPS) is 13.0. The second-order valence-electron chi connectivity index (χ2n) is 3.33. The van der Waals surface area contributed by atoms with Gasteiger partial charge >= 0.3 is 12.3 Å². The van der Waals surface area contributed by atoms with Crippen LogP contribution in [0.2, 0.25) is 0 Å². The van der Waals surface area contributed by atoms with Gasteiger partial charge in [-0.3, -0.25) is 4.79 Å². The van der Waals surface area contributed by atoms with Crippen molar-refractivity contribution >= 4 is 5.91 Å². The molecule has 0 atom stereocenters. The van der Waals surface area contributed by atoms with Crippen molar-refractivity contribution in [3.8, 4) is 0 Å². The van der Waals surface area contributed by atoms with Gasteiger partial charge in [0.25, 0.3) is 5.91 Å². The van der Waals surface area contributed by atoms with Gasteiger partial charge in [-0.05, 0) is 6.42 Å². The van der Waals surface area contributed by atoms with E-state index in [9.17, 15) is 22.4 Å². The van der Waals surface area contributed by atoms with E-state index in [1.54, 1.807) is 0 Å². The highest BCUT2D eigenvalue weighted by Gasteiger charge is 2.50. The fourth-order valence-electron chi connectivity index (χ4n) is 0.864. The average Bonchev–Trinajstić information content (AvgIpc) is 2.25. The minimum atomic E-state index is -4.84. The fraction of sp³-hybridized carbons (Fsp3) is 0.875. The van der Waals surface area contributed by atoms with Gasteiger partial charge < -0.3 is 15.5 Å². The average molecular weight is 247 g/mol. The molecular formula is C8H13F4NO3. The number of hydrogen-bond donors (Lipinski definition) is 3. The highest BCUT2D eigenvalue weighted by atomic mass is 19.3. The Labute approximate surface area is 89.3 Å². The van der Waals surface area contributed by atoms with Gasteiger partial charge in [0.1, 0.15) is 0 Å². The summed E-state index contributed by atoms with van der Waals surface area (Å²) in [4.78, 5) is 10.8. The Morgan fingerprint density at radius 2 is 1.75 bits per heavy atom. The van der Waals surface area contributed by atoms with Crippen LogP contribution in [0.4, 0.5) is 17.6 Å². The van der Waals surface area contributed by atoms with E-state index >= 15 is 0 Å². The van der Waals surface area contributed by atoms with E-state index in [1.807, 2.05) is 0 Å². The van der Waals surface area contributed by atoms with Crippen LogP contribution in [0.3, 0.4) is 0 Å². The van der Waals surface area contributed by atoms with E-state index < -0.39 is 37.0 Å². The number of aliphatic hydroxyl groups excluding tert-OH is 2. The number of aliphatic hydroxyl groups is 2. The molecule has 0 saturated heterocycles. The lowest BCUT2D eigenvalue weighted by atomic mass is 9.98. The van der Waals surface area contributed by atoms with E-state index in [0.717, 1.165) is 0 Å². The molecule has 0 aromatic carbocycles. The molecule has 3 N–H and O–H groups in total. The van der Waals surface area contributed by atoms with E-state index in [1.165, 1.54) is 12.2 Å². The third-order valence-electron chi connectivity index (χ3n) is 2.24. The van der Waals surface area contributed by atoms with Crippen LogP contribution in [0.5, 0.6) is 0 Å². The summed E-state index contributed by atoms with van der Waals surface area (Å²) in [6.07, 6.45) is -4.22. The minimum Gasteiger partial charge on any atom is -0.394 e. The van der Waals surface area contributed by atoms with Crippen molar-refractivity contribution in [1.29, 1.82) is 0 Å². The Morgan fingerprint density at radius 1 is 1.31 bits per heavy atom. The first kappa shape index (κ1) is 15.1. The van der Waals surface area contributed by atoms with Gasteiger partial charge in [-0.1, -0.05) is 6.92 Å². The van der Waals surface area contributed by atoms with Crippen LogP contribution >= 0.6 is 0 Å². The van der Waals surface area contributed by atoms with Crippen molar-refractivity contribution < 1.29 is 32.6 Å². The number of hydrogen-bond acceptors (Lipinski definition) is 3. The van der Waals surface area contributed by atoms with Gasteiger partial charge in [-0.25, -0.2) is 8.78 Å². The molecule has 0 aromatic heterocycles. The molecule has 0 unspecified atom stereocenters. The Morgan fingerprint density at radius 3 is 2.00 bits per heavy atom. The van der Waals surface area contributed by atoms with Crippen LogP contribution in [0, 0.1) is 0 Å². The molecule has 0 bridgehead atoms. The SMILES string of the molecule is CCC(CO)(CO)NC(=O)C(F)(F)C(F)F. The summed E-state index contributed by atoms with van der Waals surface area (Å²) in [6, 6.07) is 0. The molecule has 16 heavy (non-hydrogen) atoms. The van der Waals surface area contributed by atoms with E-state index in [4.69, 9.17) is 10.2 Å². The second-order valence-corrected chi connectivity index (χ2v) is 3.33. The van der Waals surface area contributed by atoms with Crippen LogP contribution < -0.4 is 5.32 Å². The topological polar surface area (TPSA) is 69.6 Å². The second kappa shape index (κ2) is 5.44. The predicted molar refractivity (Wildman–Crippen MR) is 46.3 cm³/mol. The summed E-state index contributed by atoms with van der Waals surface area (Å²) in [5.41, 5.74) is -1.71. The number of carbonyl (C=O) groups excluding carboxylic acids is 1. The fourth-order valence-corrected chi connectivity index (χ4v) is 0.864. The van der Waals surface area contributed by atoms with Crippen LogP contribution in [-0.2, 0) is 4.79 Å². The molecule has 0 aliphatic rings. The molecule has 0 aromatic rings. The lowest BCUT2D eigenvalue weighted by molar-refractivity contribution is -0.172. The lowest BCUT2D eigenvalue weighted by Crippen LogP contribution is -2.59. The molecule has 0 saturated carbocycles. The molecule has 0 rings (SSSR count). The zero-order valence-corrected chi connectivity index (χ0v) is 8.51. The molecule has 0 aliphatic heterocycles. The van der Waals surface area contributed by atoms with Crippen molar-refractivity contribution in [1.82, 2.24) is 5.32 Å². The summed E-state index contributed by atoms with van der Waals surface area (Å²) in [7, 11) is 0. The molecular weight excluding hydrogens is 234 g/mol. The monoisotopic (exact) mass is 247 g/mol. The van der Waals surface area contributed by atoms with Crippen LogP contribution in [0.1, 0.15) is 13.3 Å². The Balaban J connectivity index is 4.78. The number of rotatable bonds is 6. The van der Waals surface area contributed by atoms with Crippen molar-refractivity contribution in [2.45, 2.75) is 31.2 Å². The quantitative estimate of drug-likeness (QED) is 0.585. The molecule has 0 heterocycles. The largest absolute Gasteiger partial charge is 0.394 e. The smallest absolute Gasteiger partial charge is 0.383 e. The number of carbonyl (C=O) groups is 1. The van der Waals surface area contributed by atoms with E-state index in [2.05, 4.69) is 0 Å². The molecule has 8 heteroatoms. The van der Waals surface area contributed by atoms with Crippen molar-refractivity contribution in [3.63, 3.8) is 0 Å². The predicted octanol–water partition coefficient (Wildman–Crippen LogP) is 0.136. The number of amides is 1. The standard InChI is InChI=1S/C8H13F4NO3/c1-2-7(3-14,4-15)13-6(16)8(11,12)5(9)10/h5,14-15H,2-4H2,1H3,(H,13,16). The number of alkyl halides is 4. The van der Waals surface area contributed by atoms with Crippen LogP contribution in [0.25, 0.3) is 0 Å². The van der Waals surface area contributed by atoms with Crippen molar-refractivity contribution in [3.05, 3.63) is 0 Å². The Hall–Kier alpha value is -0.890. The summed E-state index contributed by atoms with van der Waals surface area (Å²) in [5.74, 6) is -7.06. The minimum absolute atomic E-state index is 0.0783. The van der Waals surface area contributed by atoms with Gasteiger partial charge in [-0.2, -0.15) is 8.78 Å². The van der Waals surface area contributed by atoms with Crippen molar-refractivity contribution in [2.24, 2.45) is 0 Å². The van der Waals surface area contributed by atoms with E-state index in [-0.39, 0.29) is 6.42 Å². The third-order valence-corrected chi connectivity index (χ3v) is 2.24. The summed E-state index contributed by atoms with van der Waals surface area (Å²) >= 11 is 0. The van der Waals surface area contributed by atoms with Gasteiger partial charge in [-0.15, -0.1) is 0 Å². The molecule has 0 spiro atoms. The van der Waals surface area contributed by atoms with Crippen LogP contribution in [-0.4, -0.2) is 47.2 Å². The van der Waals surface area contributed by atoms with Gasteiger partial charge in [0, 0.05) is 0 Å². The number of halogens is 4. The highest BCUT2D eigenvalue weighted by molar-refractivity contribution is 5.84. The lowest BCUT2D eigenvalue weighted by Gasteiger charge is -2.31. The Bertz CT molecular complexity index is 235. The molecule has 4 nitrogen and oxygen atoms in total. The zero-order valence-electron chi connectivity index (χ0n) is 8.51. The van der Waals surface area contributed by atoms with Gasteiger partial charge in [0.2, 0.25) is 0 Å². The molecule has 1 amide bonds. The first-order chi connectivity index (χ1) is 7.25. The third kappa shape index (κ3) is 3.05. The summed E-state index contributed by atoms with van der Waals surface area (Å²) in [5, 5.41) is 19.2. The first-order valence-corrected chi connectivity index (χ1v) is 4.46. The molecule has 0 aliphatic carbocycles. The molecule has 0 fully saturated rings. The molecule has 0 radical (unpaired) electrons. The maximum atomic E-state index is 12.6. The van der Waals surface area contributed by atoms with Crippen molar-refractivity contribution in [2.75, 3.05) is 13.2 Å². The maximum Gasteiger partial charge on any atom is 0.383 e. The molecule has 96 valence electrons. The zero-order chi connectivity index (χ0) is 13.0. The summed E-state index contributed by atoms with van der Waals surface area (Å²) in [6.45, 7) is -0.261. The Kier molecular flexibility index (Phi) is 5.14. The first-order valence-electron chi connectivity index (χ1n) is 4.46.